The molecular formula is C18H27N2+. The molecule has 5 saturated carbocycles. The van der Waals surface area contributed by atoms with Gasteiger partial charge in [-0.25, -0.2) is 9.13 Å². The molecule has 1 aromatic heterocycles. The van der Waals surface area contributed by atoms with Gasteiger partial charge in [0.1, 0.15) is 24.0 Å². The van der Waals surface area contributed by atoms with Crippen molar-refractivity contribution in [3.63, 3.8) is 0 Å². The quantitative estimate of drug-likeness (QED) is 0.723. The van der Waals surface area contributed by atoms with Crippen molar-refractivity contribution in [2.45, 2.75) is 75.8 Å². The second kappa shape index (κ2) is 4.11. The van der Waals surface area contributed by atoms with Gasteiger partial charge in [0, 0.05) is 0 Å². The number of aromatic nitrogens is 2. The summed E-state index contributed by atoms with van der Waals surface area (Å²) in [6.07, 6.45) is 22.0. The van der Waals surface area contributed by atoms with Gasteiger partial charge in [-0.15, -0.1) is 0 Å². The molecule has 0 unspecified atom stereocenters. The first-order valence-corrected chi connectivity index (χ1v) is 8.90. The zero-order valence-corrected chi connectivity index (χ0v) is 12.5. The van der Waals surface area contributed by atoms with Crippen LogP contribution in [0.3, 0.4) is 0 Å². The molecule has 0 aliphatic heterocycles. The summed E-state index contributed by atoms with van der Waals surface area (Å²) in [5.41, 5.74) is 0.513. The van der Waals surface area contributed by atoms with Gasteiger partial charge in [-0.2, -0.15) is 0 Å². The predicted molar refractivity (Wildman–Crippen MR) is 78.3 cm³/mol. The molecule has 20 heavy (non-hydrogen) atoms. The number of rotatable bonds is 2. The fourth-order valence-electron chi connectivity index (χ4n) is 6.45. The minimum atomic E-state index is 0.513. The Morgan fingerprint density at radius 3 is 2.10 bits per heavy atom. The molecule has 4 bridgehead atoms. The second-order valence-electron chi connectivity index (χ2n) is 8.35. The van der Waals surface area contributed by atoms with E-state index in [0.717, 1.165) is 23.8 Å². The molecular weight excluding hydrogens is 244 g/mol. The maximum Gasteiger partial charge on any atom is 0.244 e. The Hall–Kier alpha value is -0.790. The molecule has 1 heterocycles. The van der Waals surface area contributed by atoms with E-state index >= 15 is 0 Å². The van der Waals surface area contributed by atoms with Crippen molar-refractivity contribution in [3.05, 3.63) is 18.7 Å². The molecule has 6 rings (SSSR count). The number of nitrogens with zero attached hydrogens (tertiary/aromatic N) is 2. The number of hydrogen-bond donors (Lipinski definition) is 0. The SMILES string of the molecule is c1c[n+](C2CCCC2)cn1C12CC3CC(CC(C3)C1)C2. The molecule has 5 aliphatic rings. The summed E-state index contributed by atoms with van der Waals surface area (Å²) in [6.45, 7) is 0. The van der Waals surface area contributed by atoms with Gasteiger partial charge < -0.3 is 0 Å². The van der Waals surface area contributed by atoms with Crippen LogP contribution in [0.5, 0.6) is 0 Å². The van der Waals surface area contributed by atoms with Crippen LogP contribution in [-0.4, -0.2) is 4.57 Å². The monoisotopic (exact) mass is 271 g/mol. The summed E-state index contributed by atoms with van der Waals surface area (Å²) in [6, 6.07) is 0.796. The summed E-state index contributed by atoms with van der Waals surface area (Å²) in [4.78, 5) is 0. The molecule has 5 aliphatic carbocycles. The zero-order chi connectivity index (χ0) is 13.2. The molecule has 0 atom stereocenters. The first-order chi connectivity index (χ1) is 9.81. The molecule has 0 radical (unpaired) electrons. The van der Waals surface area contributed by atoms with Crippen LogP contribution < -0.4 is 4.57 Å². The highest BCUT2D eigenvalue weighted by molar-refractivity contribution is 5.05. The van der Waals surface area contributed by atoms with Gasteiger partial charge in [0.15, 0.2) is 0 Å². The van der Waals surface area contributed by atoms with E-state index < -0.39 is 0 Å². The molecule has 0 saturated heterocycles. The van der Waals surface area contributed by atoms with E-state index in [1.54, 1.807) is 19.3 Å². The van der Waals surface area contributed by atoms with Crippen molar-refractivity contribution < 1.29 is 4.57 Å². The third-order valence-corrected chi connectivity index (χ3v) is 6.96. The van der Waals surface area contributed by atoms with Crippen molar-refractivity contribution in [1.29, 1.82) is 0 Å². The molecule has 0 amide bonds. The van der Waals surface area contributed by atoms with Crippen LogP contribution in [-0.2, 0) is 5.54 Å². The van der Waals surface area contributed by atoms with E-state index in [0.29, 0.717) is 5.54 Å². The summed E-state index contributed by atoms with van der Waals surface area (Å²) in [7, 11) is 0. The van der Waals surface area contributed by atoms with E-state index in [9.17, 15) is 0 Å². The topological polar surface area (TPSA) is 8.81 Å². The maximum atomic E-state index is 2.65. The van der Waals surface area contributed by atoms with Crippen LogP contribution in [0.2, 0.25) is 0 Å². The van der Waals surface area contributed by atoms with E-state index in [4.69, 9.17) is 0 Å². The minimum Gasteiger partial charge on any atom is -0.234 e. The Labute approximate surface area is 122 Å². The molecule has 5 fully saturated rings. The van der Waals surface area contributed by atoms with Crippen molar-refractivity contribution in [2.24, 2.45) is 17.8 Å². The van der Waals surface area contributed by atoms with Gasteiger partial charge in [-0.1, -0.05) is 0 Å². The largest absolute Gasteiger partial charge is 0.244 e. The van der Waals surface area contributed by atoms with Gasteiger partial charge in [-0.3, -0.25) is 0 Å². The Kier molecular flexibility index (Phi) is 2.43. The molecule has 2 heteroatoms. The normalized spacial score (nSPS) is 43.5. The third kappa shape index (κ3) is 1.66. The van der Waals surface area contributed by atoms with E-state index in [-0.39, 0.29) is 0 Å². The molecule has 108 valence electrons. The van der Waals surface area contributed by atoms with Crippen LogP contribution in [0.25, 0.3) is 0 Å². The third-order valence-electron chi connectivity index (χ3n) is 6.96. The van der Waals surface area contributed by atoms with Crippen molar-refractivity contribution in [3.8, 4) is 0 Å². The Morgan fingerprint density at radius 1 is 0.900 bits per heavy atom. The average molecular weight is 271 g/mol. The Morgan fingerprint density at radius 2 is 1.50 bits per heavy atom. The number of hydrogen-bond acceptors (Lipinski definition) is 0. The van der Waals surface area contributed by atoms with Crippen molar-refractivity contribution in [1.82, 2.24) is 4.57 Å². The highest BCUT2D eigenvalue weighted by Crippen LogP contribution is 2.58. The van der Waals surface area contributed by atoms with Gasteiger partial charge in [-0.05, 0) is 82.0 Å². The molecule has 0 N–H and O–H groups in total. The minimum absolute atomic E-state index is 0.513. The van der Waals surface area contributed by atoms with Gasteiger partial charge >= 0.3 is 0 Å². The van der Waals surface area contributed by atoms with Crippen LogP contribution >= 0.6 is 0 Å². The van der Waals surface area contributed by atoms with E-state index in [2.05, 4.69) is 27.9 Å². The smallest absolute Gasteiger partial charge is 0.234 e. The lowest BCUT2D eigenvalue weighted by Crippen LogP contribution is -2.52. The second-order valence-corrected chi connectivity index (χ2v) is 8.35. The van der Waals surface area contributed by atoms with Gasteiger partial charge in [0.25, 0.3) is 0 Å². The highest BCUT2D eigenvalue weighted by Gasteiger charge is 2.54. The average Bonchev–Trinajstić information content (AvgIpc) is 3.09. The molecule has 0 spiro atoms. The maximum absolute atomic E-state index is 2.65. The first-order valence-electron chi connectivity index (χ1n) is 8.90. The fraction of sp³-hybridized carbons (Fsp3) is 0.833. The van der Waals surface area contributed by atoms with Crippen LogP contribution in [0, 0.1) is 17.8 Å². The fourth-order valence-corrected chi connectivity index (χ4v) is 6.45. The summed E-state index contributed by atoms with van der Waals surface area (Å²) in [5, 5.41) is 0. The van der Waals surface area contributed by atoms with Crippen molar-refractivity contribution in [2.75, 3.05) is 0 Å². The summed E-state index contributed by atoms with van der Waals surface area (Å²) in [5.74, 6) is 3.13. The van der Waals surface area contributed by atoms with E-state index in [1.165, 1.54) is 44.9 Å². The van der Waals surface area contributed by atoms with Gasteiger partial charge in [0.2, 0.25) is 6.33 Å². The van der Waals surface area contributed by atoms with Crippen LogP contribution in [0.15, 0.2) is 18.7 Å². The molecule has 1 aromatic rings. The van der Waals surface area contributed by atoms with E-state index in [1.807, 2.05) is 0 Å². The standard InChI is InChI=1S/C18H27N2/c1-2-4-17(3-1)19-5-6-20(13-19)18-10-14-7-15(11-18)9-16(8-14)12-18/h5-6,13-17H,1-4,7-12H2/q+1. The molecule has 2 nitrogen and oxygen atoms in total. The Bertz CT molecular complexity index is 474. The van der Waals surface area contributed by atoms with Crippen molar-refractivity contribution >= 4 is 0 Å². The lowest BCUT2D eigenvalue weighted by Gasteiger charge is -2.54. The van der Waals surface area contributed by atoms with Gasteiger partial charge in [0.05, 0.1) is 0 Å². The lowest BCUT2D eigenvalue weighted by molar-refractivity contribution is -0.721. The highest BCUT2D eigenvalue weighted by atomic mass is 15.2. The zero-order valence-electron chi connectivity index (χ0n) is 12.5. The molecule has 0 aromatic carbocycles. The summed E-state index contributed by atoms with van der Waals surface area (Å²) >= 11 is 0. The number of imidazole rings is 1. The first kappa shape index (κ1) is 11.8. The summed E-state index contributed by atoms with van der Waals surface area (Å²) < 4.78 is 5.18. The van der Waals surface area contributed by atoms with Crippen LogP contribution in [0.1, 0.15) is 70.3 Å². The Balaban J connectivity index is 1.47. The van der Waals surface area contributed by atoms with Crippen LogP contribution in [0.4, 0.5) is 0 Å². The lowest BCUT2D eigenvalue weighted by atomic mass is 9.53. The predicted octanol–water partition coefficient (Wildman–Crippen LogP) is 3.82.